The molecule has 0 aromatic carbocycles. The Kier molecular flexibility index (Phi) is 4.71. The Balaban J connectivity index is 2.54. The molecule has 0 amide bonds. The molecule has 1 atom stereocenters. The summed E-state index contributed by atoms with van der Waals surface area (Å²) >= 11 is 4.82. The van der Waals surface area contributed by atoms with Crippen molar-refractivity contribution in [1.82, 2.24) is 15.3 Å². The van der Waals surface area contributed by atoms with Crippen LogP contribution in [0.15, 0.2) is 12.5 Å². The lowest BCUT2D eigenvalue weighted by Crippen LogP contribution is -2.42. The van der Waals surface area contributed by atoms with Crippen LogP contribution in [0.2, 0.25) is 0 Å². The van der Waals surface area contributed by atoms with Crippen LogP contribution in [0.5, 0.6) is 0 Å². The van der Waals surface area contributed by atoms with Crippen molar-refractivity contribution >= 4 is 23.4 Å². The number of ether oxygens (including phenoxy) is 1. The number of hydrogen-bond donors (Lipinski definition) is 3. The third-order valence-electron chi connectivity index (χ3n) is 1.84. The first-order valence-corrected chi connectivity index (χ1v) is 5.17. The van der Waals surface area contributed by atoms with Crippen molar-refractivity contribution < 1.29 is 14.6 Å². The number of hydrogen-bond acceptors (Lipinski definition) is 4. The zero-order chi connectivity index (χ0) is 12.0. The average Bonchev–Trinajstić information content (AvgIpc) is 2.69. The lowest BCUT2D eigenvalue weighted by molar-refractivity contribution is -0.139. The quantitative estimate of drug-likeness (QED) is 0.645. The van der Waals surface area contributed by atoms with Gasteiger partial charge < -0.3 is 20.1 Å². The van der Waals surface area contributed by atoms with Crippen LogP contribution in [0.3, 0.4) is 0 Å². The summed E-state index contributed by atoms with van der Waals surface area (Å²) in [4.78, 5) is 17.6. The number of nitrogens with zero attached hydrogens (tertiary/aromatic N) is 1. The third kappa shape index (κ3) is 3.85. The van der Waals surface area contributed by atoms with E-state index >= 15 is 0 Å². The van der Waals surface area contributed by atoms with Gasteiger partial charge in [-0.15, -0.1) is 0 Å². The predicted molar refractivity (Wildman–Crippen MR) is 61.1 cm³/mol. The van der Waals surface area contributed by atoms with Gasteiger partial charge in [-0.1, -0.05) is 0 Å². The summed E-state index contributed by atoms with van der Waals surface area (Å²) in [6.07, 6.45) is 3.33. The van der Waals surface area contributed by atoms with E-state index in [0.29, 0.717) is 6.61 Å². The van der Waals surface area contributed by atoms with Crippen LogP contribution in [0.1, 0.15) is 12.6 Å². The van der Waals surface area contributed by atoms with Crippen molar-refractivity contribution in [3.05, 3.63) is 18.2 Å². The van der Waals surface area contributed by atoms with E-state index in [4.69, 9.17) is 22.1 Å². The van der Waals surface area contributed by atoms with Gasteiger partial charge in [-0.3, -0.25) is 0 Å². The van der Waals surface area contributed by atoms with E-state index in [1.165, 1.54) is 6.33 Å². The van der Waals surface area contributed by atoms with Crippen LogP contribution in [0.25, 0.3) is 0 Å². The van der Waals surface area contributed by atoms with Gasteiger partial charge in [-0.25, -0.2) is 9.78 Å². The molecular weight excluding hydrogens is 230 g/mol. The Morgan fingerprint density at radius 3 is 3.06 bits per heavy atom. The smallest absolute Gasteiger partial charge is 0.326 e. The number of aliphatic carboxylic acids is 1. The molecule has 1 aromatic rings. The maximum Gasteiger partial charge on any atom is 0.326 e. The van der Waals surface area contributed by atoms with Crippen LogP contribution in [-0.2, 0) is 16.0 Å². The molecule has 0 radical (unpaired) electrons. The van der Waals surface area contributed by atoms with Crippen LogP contribution < -0.4 is 5.32 Å². The normalized spacial score (nSPS) is 11.8. The van der Waals surface area contributed by atoms with E-state index in [1.807, 2.05) is 0 Å². The Bertz CT molecular complexity index is 353. The minimum absolute atomic E-state index is 0.0921. The second-order valence-electron chi connectivity index (χ2n) is 3.04. The summed E-state index contributed by atoms with van der Waals surface area (Å²) in [6.45, 7) is 2.18. The number of carbonyl (C=O) groups is 1. The monoisotopic (exact) mass is 243 g/mol. The highest BCUT2D eigenvalue weighted by molar-refractivity contribution is 7.80. The molecule has 1 aromatic heterocycles. The Morgan fingerprint density at radius 1 is 1.81 bits per heavy atom. The number of aromatic amines is 1. The SMILES string of the molecule is CCOC(=S)N[C@@H](Cc1cnc[nH]1)C(=O)O. The molecule has 0 aliphatic rings. The molecule has 0 unspecified atom stereocenters. The van der Waals surface area contributed by atoms with Crippen molar-refractivity contribution in [3.63, 3.8) is 0 Å². The van der Waals surface area contributed by atoms with Crippen LogP contribution in [0, 0.1) is 0 Å². The standard InChI is InChI=1S/C9H13N3O3S/c1-2-15-9(16)12-7(8(13)14)3-6-4-10-5-11-6/h4-5,7H,2-3H2,1H3,(H,10,11)(H,12,16)(H,13,14)/t7-/m0/s1. The summed E-state index contributed by atoms with van der Waals surface area (Å²) in [6, 6.07) is -0.820. The van der Waals surface area contributed by atoms with Gasteiger partial charge in [-0.05, 0) is 19.1 Å². The molecule has 0 aliphatic carbocycles. The van der Waals surface area contributed by atoms with Crippen LogP contribution >= 0.6 is 12.2 Å². The minimum atomic E-state index is -0.989. The van der Waals surface area contributed by atoms with Gasteiger partial charge in [0.25, 0.3) is 5.17 Å². The zero-order valence-corrected chi connectivity index (χ0v) is 9.58. The molecule has 1 heterocycles. The zero-order valence-electron chi connectivity index (χ0n) is 8.77. The molecule has 6 nitrogen and oxygen atoms in total. The van der Waals surface area contributed by atoms with Crippen molar-refractivity contribution in [3.8, 4) is 0 Å². The van der Waals surface area contributed by atoms with E-state index < -0.39 is 12.0 Å². The highest BCUT2D eigenvalue weighted by Crippen LogP contribution is 1.99. The predicted octanol–water partition coefficient (Wildman–Crippen LogP) is 0.316. The van der Waals surface area contributed by atoms with E-state index in [9.17, 15) is 4.79 Å². The molecule has 88 valence electrons. The van der Waals surface area contributed by atoms with Crippen molar-refractivity contribution in [2.24, 2.45) is 0 Å². The average molecular weight is 243 g/mol. The van der Waals surface area contributed by atoms with Crippen molar-refractivity contribution in [1.29, 1.82) is 0 Å². The fourth-order valence-electron chi connectivity index (χ4n) is 1.13. The second kappa shape index (κ2) is 6.06. The molecule has 0 aliphatic heterocycles. The van der Waals surface area contributed by atoms with Gasteiger partial charge in [0.05, 0.1) is 12.9 Å². The molecule has 1 rings (SSSR count). The number of thiocarbonyl (C=S) groups is 1. The van der Waals surface area contributed by atoms with E-state index in [2.05, 4.69) is 15.3 Å². The first kappa shape index (κ1) is 12.4. The number of carboxylic acids is 1. The fraction of sp³-hybridized carbons (Fsp3) is 0.444. The summed E-state index contributed by atoms with van der Waals surface area (Å²) in [5.41, 5.74) is 0.721. The van der Waals surface area contributed by atoms with Gasteiger partial charge in [-0.2, -0.15) is 0 Å². The summed E-state index contributed by atoms with van der Waals surface area (Å²) < 4.78 is 4.97. The lowest BCUT2D eigenvalue weighted by Gasteiger charge is -2.15. The van der Waals surface area contributed by atoms with Gasteiger partial charge in [0, 0.05) is 18.3 Å². The van der Waals surface area contributed by atoms with Gasteiger partial charge in [0.15, 0.2) is 0 Å². The number of imidazole rings is 1. The molecular formula is C9H13N3O3S. The van der Waals surface area contributed by atoms with E-state index in [1.54, 1.807) is 13.1 Å². The number of rotatable bonds is 5. The Morgan fingerprint density at radius 2 is 2.56 bits per heavy atom. The summed E-state index contributed by atoms with van der Waals surface area (Å²) in [7, 11) is 0. The maximum atomic E-state index is 11.0. The molecule has 0 spiro atoms. The van der Waals surface area contributed by atoms with E-state index in [0.717, 1.165) is 5.69 Å². The number of aromatic nitrogens is 2. The number of H-pyrrole nitrogens is 1. The van der Waals surface area contributed by atoms with Crippen molar-refractivity contribution in [2.75, 3.05) is 6.61 Å². The molecule has 16 heavy (non-hydrogen) atoms. The molecule has 0 bridgehead atoms. The topological polar surface area (TPSA) is 87.2 Å². The first-order chi connectivity index (χ1) is 7.63. The largest absolute Gasteiger partial charge is 0.480 e. The third-order valence-corrected chi connectivity index (χ3v) is 2.08. The highest BCUT2D eigenvalue weighted by Gasteiger charge is 2.19. The fourth-order valence-corrected chi connectivity index (χ4v) is 1.39. The van der Waals surface area contributed by atoms with Gasteiger partial charge >= 0.3 is 5.97 Å². The second-order valence-corrected chi connectivity index (χ2v) is 3.41. The summed E-state index contributed by atoms with van der Waals surface area (Å²) in [5.74, 6) is -0.989. The minimum Gasteiger partial charge on any atom is -0.480 e. The van der Waals surface area contributed by atoms with Crippen LogP contribution in [-0.4, -0.2) is 38.9 Å². The molecule has 7 heteroatoms. The van der Waals surface area contributed by atoms with Gasteiger partial charge in [0.1, 0.15) is 6.04 Å². The molecule has 0 saturated heterocycles. The number of nitrogens with one attached hydrogen (secondary N) is 2. The molecule has 3 N–H and O–H groups in total. The van der Waals surface area contributed by atoms with Crippen molar-refractivity contribution in [2.45, 2.75) is 19.4 Å². The van der Waals surface area contributed by atoms with E-state index in [-0.39, 0.29) is 11.6 Å². The van der Waals surface area contributed by atoms with Crippen LogP contribution in [0.4, 0.5) is 0 Å². The molecule has 0 saturated carbocycles. The van der Waals surface area contributed by atoms with Gasteiger partial charge in [0.2, 0.25) is 0 Å². The Labute approximate surface area is 98.0 Å². The maximum absolute atomic E-state index is 11.0. The Hall–Kier alpha value is -1.63. The highest BCUT2D eigenvalue weighted by atomic mass is 32.1. The summed E-state index contributed by atoms with van der Waals surface area (Å²) in [5, 5.41) is 11.7. The number of carboxylic acid groups (broad SMARTS) is 1. The molecule has 0 fully saturated rings. The lowest BCUT2D eigenvalue weighted by atomic mass is 10.2. The first-order valence-electron chi connectivity index (χ1n) is 4.76.